The molecular formula is C19H16N2O7. The van der Waals surface area contributed by atoms with Gasteiger partial charge in [0.1, 0.15) is 5.57 Å². The van der Waals surface area contributed by atoms with Crippen molar-refractivity contribution in [3.63, 3.8) is 0 Å². The van der Waals surface area contributed by atoms with Gasteiger partial charge < -0.3 is 13.9 Å². The number of hydrogen-bond acceptors (Lipinski definition) is 7. The smallest absolute Gasteiger partial charge is 0.379 e. The molecule has 1 aromatic carbocycles. The molecule has 9 heteroatoms. The molecular weight excluding hydrogens is 368 g/mol. The Morgan fingerprint density at radius 1 is 1.04 bits per heavy atom. The van der Waals surface area contributed by atoms with Gasteiger partial charge in [-0.1, -0.05) is 6.07 Å². The number of nitrogens with zero attached hydrogens (tertiary/aromatic N) is 2. The molecule has 1 aliphatic rings. The number of benzene rings is 1. The van der Waals surface area contributed by atoms with E-state index in [1.807, 2.05) is 0 Å². The number of ether oxygens (including phenoxy) is 2. The number of furan rings is 1. The largest absolute Gasteiger partial charge is 0.493 e. The van der Waals surface area contributed by atoms with Crippen LogP contribution >= 0.6 is 0 Å². The van der Waals surface area contributed by atoms with Crippen LogP contribution in [0.1, 0.15) is 16.1 Å². The van der Waals surface area contributed by atoms with E-state index in [0.29, 0.717) is 5.56 Å². The molecule has 0 aliphatic carbocycles. The predicted molar refractivity (Wildman–Crippen MR) is 95.6 cm³/mol. The van der Waals surface area contributed by atoms with E-state index >= 15 is 0 Å². The first-order valence-corrected chi connectivity index (χ1v) is 8.09. The van der Waals surface area contributed by atoms with Crippen LogP contribution in [-0.4, -0.2) is 54.8 Å². The molecule has 144 valence electrons. The van der Waals surface area contributed by atoms with Gasteiger partial charge in [0, 0.05) is 14.1 Å². The summed E-state index contributed by atoms with van der Waals surface area (Å²) >= 11 is 0. The number of esters is 1. The first-order valence-electron chi connectivity index (χ1n) is 8.09. The second-order valence-corrected chi connectivity index (χ2v) is 5.85. The number of imide groups is 2. The fourth-order valence-corrected chi connectivity index (χ4v) is 2.54. The zero-order chi connectivity index (χ0) is 20.4. The highest BCUT2D eigenvalue weighted by atomic mass is 16.6. The maximum atomic E-state index is 12.3. The summed E-state index contributed by atoms with van der Waals surface area (Å²) in [4.78, 5) is 50.1. The van der Waals surface area contributed by atoms with Gasteiger partial charge in [-0.25, -0.2) is 9.59 Å². The van der Waals surface area contributed by atoms with Crippen molar-refractivity contribution in [3.8, 4) is 11.5 Å². The fourth-order valence-electron chi connectivity index (χ4n) is 2.54. The highest BCUT2D eigenvalue weighted by Crippen LogP contribution is 2.30. The Labute approximate surface area is 159 Å². The van der Waals surface area contributed by atoms with Crippen LogP contribution in [0.2, 0.25) is 0 Å². The third-order valence-electron chi connectivity index (χ3n) is 4.07. The average molecular weight is 384 g/mol. The maximum absolute atomic E-state index is 12.3. The van der Waals surface area contributed by atoms with Gasteiger partial charge in [0.15, 0.2) is 11.5 Å². The van der Waals surface area contributed by atoms with Crippen LogP contribution in [0.3, 0.4) is 0 Å². The van der Waals surface area contributed by atoms with E-state index in [9.17, 15) is 19.2 Å². The van der Waals surface area contributed by atoms with Crippen molar-refractivity contribution in [2.24, 2.45) is 0 Å². The van der Waals surface area contributed by atoms with Gasteiger partial charge in [0.25, 0.3) is 11.8 Å². The number of methoxy groups -OCH3 is 1. The molecule has 0 bridgehead atoms. The molecule has 0 unspecified atom stereocenters. The van der Waals surface area contributed by atoms with Crippen LogP contribution in [0.4, 0.5) is 4.79 Å². The van der Waals surface area contributed by atoms with Crippen molar-refractivity contribution < 1.29 is 33.1 Å². The Balaban J connectivity index is 1.90. The number of barbiturate groups is 1. The molecule has 0 atom stereocenters. The van der Waals surface area contributed by atoms with Crippen molar-refractivity contribution in [1.82, 2.24) is 9.80 Å². The number of rotatable bonds is 4. The lowest BCUT2D eigenvalue weighted by Gasteiger charge is -2.28. The number of amides is 4. The monoisotopic (exact) mass is 384 g/mol. The summed E-state index contributed by atoms with van der Waals surface area (Å²) in [7, 11) is 3.96. The van der Waals surface area contributed by atoms with E-state index in [-0.39, 0.29) is 22.8 Å². The van der Waals surface area contributed by atoms with Crippen molar-refractivity contribution >= 4 is 29.9 Å². The second kappa shape index (κ2) is 7.39. The van der Waals surface area contributed by atoms with Crippen molar-refractivity contribution in [2.45, 2.75) is 0 Å². The molecule has 2 heterocycles. The van der Waals surface area contributed by atoms with E-state index < -0.39 is 23.8 Å². The SMILES string of the molecule is COc1cc(C=C2C(=O)N(C)C(=O)N(C)C2=O)ccc1OC(=O)c1ccco1. The Hall–Kier alpha value is -3.88. The second-order valence-electron chi connectivity index (χ2n) is 5.85. The topological polar surface area (TPSA) is 106 Å². The first-order chi connectivity index (χ1) is 13.3. The summed E-state index contributed by atoms with van der Waals surface area (Å²) < 4.78 is 15.4. The van der Waals surface area contributed by atoms with Gasteiger partial charge in [-0.2, -0.15) is 0 Å². The highest BCUT2D eigenvalue weighted by molar-refractivity contribution is 6.30. The number of carbonyl (C=O) groups excluding carboxylic acids is 4. The summed E-state index contributed by atoms with van der Waals surface area (Å²) in [5.41, 5.74) is 0.273. The molecule has 2 aromatic rings. The first kappa shape index (κ1) is 18.9. The lowest BCUT2D eigenvalue weighted by atomic mass is 10.1. The lowest BCUT2D eigenvalue weighted by molar-refractivity contribution is -0.134. The fraction of sp³-hybridized carbons (Fsp3) is 0.158. The Bertz CT molecular complexity index is 966. The third-order valence-corrected chi connectivity index (χ3v) is 4.07. The minimum atomic E-state index is -0.708. The van der Waals surface area contributed by atoms with Gasteiger partial charge in [-0.05, 0) is 35.9 Å². The molecule has 1 aliphatic heterocycles. The minimum Gasteiger partial charge on any atom is -0.493 e. The van der Waals surface area contributed by atoms with Crippen LogP contribution in [-0.2, 0) is 9.59 Å². The predicted octanol–water partition coefficient (Wildman–Crippen LogP) is 1.94. The van der Waals surface area contributed by atoms with Crippen LogP contribution in [0.5, 0.6) is 11.5 Å². The van der Waals surface area contributed by atoms with E-state index in [1.54, 1.807) is 6.07 Å². The molecule has 1 fully saturated rings. The number of hydrogen-bond donors (Lipinski definition) is 0. The molecule has 0 radical (unpaired) electrons. The number of urea groups is 1. The number of carbonyl (C=O) groups is 4. The quantitative estimate of drug-likeness (QED) is 0.343. The van der Waals surface area contributed by atoms with Crippen molar-refractivity contribution in [2.75, 3.05) is 21.2 Å². The molecule has 0 spiro atoms. The van der Waals surface area contributed by atoms with Gasteiger partial charge in [-0.3, -0.25) is 19.4 Å². The molecule has 1 aromatic heterocycles. The van der Waals surface area contributed by atoms with E-state index in [4.69, 9.17) is 13.9 Å². The van der Waals surface area contributed by atoms with E-state index in [2.05, 4.69) is 0 Å². The Morgan fingerprint density at radius 2 is 1.71 bits per heavy atom. The summed E-state index contributed by atoms with van der Waals surface area (Å²) in [5.74, 6) is -1.74. The zero-order valence-corrected chi connectivity index (χ0v) is 15.3. The standard InChI is InChI=1S/C19H16N2O7/c1-20-16(22)12(17(23)21(2)19(20)25)9-11-6-7-13(15(10-11)26-3)28-18(24)14-5-4-8-27-14/h4-10H,1-3H3. The van der Waals surface area contributed by atoms with Crippen molar-refractivity contribution in [3.05, 3.63) is 53.5 Å². The van der Waals surface area contributed by atoms with Gasteiger partial charge >= 0.3 is 12.0 Å². The van der Waals surface area contributed by atoms with Crippen LogP contribution in [0.15, 0.2) is 46.6 Å². The molecule has 0 N–H and O–H groups in total. The van der Waals surface area contributed by atoms with Gasteiger partial charge in [-0.15, -0.1) is 0 Å². The zero-order valence-electron chi connectivity index (χ0n) is 15.3. The van der Waals surface area contributed by atoms with Gasteiger partial charge in [0.05, 0.1) is 13.4 Å². The van der Waals surface area contributed by atoms with E-state index in [1.165, 1.54) is 57.8 Å². The molecule has 1 saturated heterocycles. The summed E-state index contributed by atoms with van der Waals surface area (Å²) in [5, 5.41) is 0. The third kappa shape index (κ3) is 3.37. The average Bonchev–Trinajstić information content (AvgIpc) is 3.24. The summed E-state index contributed by atoms with van der Waals surface area (Å²) in [6.45, 7) is 0. The van der Waals surface area contributed by atoms with Crippen LogP contribution in [0.25, 0.3) is 6.08 Å². The van der Waals surface area contributed by atoms with Crippen molar-refractivity contribution in [1.29, 1.82) is 0 Å². The Morgan fingerprint density at radius 3 is 2.29 bits per heavy atom. The normalized spacial score (nSPS) is 14.4. The Kier molecular flexibility index (Phi) is 4.99. The van der Waals surface area contributed by atoms with E-state index in [0.717, 1.165) is 9.80 Å². The van der Waals surface area contributed by atoms with Gasteiger partial charge in [0.2, 0.25) is 5.76 Å². The number of likely N-dealkylation sites (N-methyl/N-ethyl adjacent to an activating group) is 2. The van der Waals surface area contributed by atoms with Crippen LogP contribution < -0.4 is 9.47 Å². The molecule has 4 amide bonds. The maximum Gasteiger partial charge on any atom is 0.379 e. The lowest BCUT2D eigenvalue weighted by Crippen LogP contribution is -2.52. The summed E-state index contributed by atoms with van der Waals surface area (Å²) in [6.07, 6.45) is 2.69. The highest BCUT2D eigenvalue weighted by Gasteiger charge is 2.37. The minimum absolute atomic E-state index is 0.0300. The summed E-state index contributed by atoms with van der Waals surface area (Å²) in [6, 6.07) is 6.81. The molecule has 0 saturated carbocycles. The molecule has 3 rings (SSSR count). The molecule has 28 heavy (non-hydrogen) atoms. The molecule has 9 nitrogen and oxygen atoms in total. The van der Waals surface area contributed by atoms with Crippen LogP contribution in [0, 0.1) is 0 Å².